The number of para-hydroxylation sites is 1. The molecule has 1 atom stereocenters. The molecule has 3 nitrogen and oxygen atoms in total. The summed E-state index contributed by atoms with van der Waals surface area (Å²) in [5, 5.41) is 3.22. The van der Waals surface area contributed by atoms with Crippen molar-refractivity contribution in [1.82, 2.24) is 4.90 Å². The molecule has 0 saturated carbocycles. The minimum atomic E-state index is -0.0811. The molecule has 0 radical (unpaired) electrons. The third-order valence-corrected chi connectivity index (χ3v) is 2.51. The molecule has 1 aliphatic heterocycles. The zero-order valence-corrected chi connectivity index (χ0v) is 8.45. The van der Waals surface area contributed by atoms with Crippen molar-refractivity contribution in [2.24, 2.45) is 0 Å². The van der Waals surface area contributed by atoms with Crippen molar-refractivity contribution in [1.29, 1.82) is 0 Å². The first-order chi connectivity index (χ1) is 6.68. The van der Waals surface area contributed by atoms with Crippen molar-refractivity contribution >= 4 is 11.6 Å². The lowest BCUT2D eigenvalue weighted by Crippen LogP contribution is -2.37. The van der Waals surface area contributed by atoms with Gasteiger partial charge < -0.3 is 10.2 Å². The third kappa shape index (κ3) is 1.45. The standard InChI is InChI=1S/C11H14N2O/c1-13(2)11(14)10-7-8-5-3-4-6-9(8)12-10/h3-6,10,12H,7H2,1-2H3/t10-/m1/s1. The largest absolute Gasteiger partial charge is 0.373 e. The second kappa shape index (κ2) is 3.33. The molecular formula is C11H14N2O. The van der Waals surface area contributed by atoms with Crippen molar-refractivity contribution in [3.05, 3.63) is 29.8 Å². The lowest BCUT2D eigenvalue weighted by atomic mass is 10.1. The van der Waals surface area contributed by atoms with Crippen molar-refractivity contribution in [3.8, 4) is 0 Å². The topological polar surface area (TPSA) is 32.3 Å². The Morgan fingerprint density at radius 3 is 2.79 bits per heavy atom. The first-order valence-corrected chi connectivity index (χ1v) is 4.74. The van der Waals surface area contributed by atoms with Gasteiger partial charge in [0.2, 0.25) is 5.91 Å². The van der Waals surface area contributed by atoms with Crippen LogP contribution in [-0.4, -0.2) is 30.9 Å². The molecule has 0 bridgehead atoms. The fraction of sp³-hybridized carbons (Fsp3) is 0.364. The molecule has 0 aliphatic carbocycles. The predicted molar refractivity (Wildman–Crippen MR) is 56.3 cm³/mol. The van der Waals surface area contributed by atoms with Crippen LogP contribution in [0.3, 0.4) is 0 Å². The fourth-order valence-electron chi connectivity index (χ4n) is 1.76. The highest BCUT2D eigenvalue weighted by molar-refractivity contribution is 5.87. The molecule has 1 aromatic rings. The van der Waals surface area contributed by atoms with Crippen LogP contribution in [0.5, 0.6) is 0 Å². The number of rotatable bonds is 1. The molecule has 0 saturated heterocycles. The summed E-state index contributed by atoms with van der Waals surface area (Å²) >= 11 is 0. The Morgan fingerprint density at radius 2 is 2.14 bits per heavy atom. The molecule has 1 N–H and O–H groups in total. The minimum Gasteiger partial charge on any atom is -0.373 e. The summed E-state index contributed by atoms with van der Waals surface area (Å²) in [6, 6.07) is 7.98. The van der Waals surface area contributed by atoms with E-state index in [2.05, 4.69) is 11.4 Å². The Kier molecular flexibility index (Phi) is 2.15. The number of hydrogen-bond donors (Lipinski definition) is 1. The molecule has 0 unspecified atom stereocenters. The van der Waals surface area contributed by atoms with Crippen molar-refractivity contribution in [3.63, 3.8) is 0 Å². The number of fused-ring (bicyclic) bond motifs is 1. The summed E-state index contributed by atoms with van der Waals surface area (Å²) in [5.74, 6) is 0.140. The van der Waals surface area contributed by atoms with Crippen molar-refractivity contribution < 1.29 is 4.79 Å². The van der Waals surface area contributed by atoms with Gasteiger partial charge in [0.25, 0.3) is 0 Å². The molecule has 0 spiro atoms. The molecule has 0 fully saturated rings. The Balaban J connectivity index is 2.16. The Hall–Kier alpha value is -1.51. The van der Waals surface area contributed by atoms with Gasteiger partial charge in [-0.25, -0.2) is 0 Å². The number of nitrogens with one attached hydrogen (secondary N) is 1. The predicted octanol–water partition coefficient (Wildman–Crippen LogP) is 1.11. The van der Waals surface area contributed by atoms with E-state index in [4.69, 9.17) is 0 Å². The summed E-state index contributed by atoms with van der Waals surface area (Å²) in [6.07, 6.45) is 0.799. The van der Waals surface area contributed by atoms with Gasteiger partial charge in [-0.2, -0.15) is 0 Å². The monoisotopic (exact) mass is 190 g/mol. The summed E-state index contributed by atoms with van der Waals surface area (Å²) in [5.41, 5.74) is 2.32. The smallest absolute Gasteiger partial charge is 0.244 e. The molecule has 1 aliphatic rings. The van der Waals surface area contributed by atoms with Crippen LogP contribution in [0.2, 0.25) is 0 Å². The SMILES string of the molecule is CN(C)C(=O)[C@H]1Cc2ccccc2N1. The van der Waals surface area contributed by atoms with Crippen molar-refractivity contribution in [2.75, 3.05) is 19.4 Å². The Bertz CT molecular complexity index is 335. The van der Waals surface area contributed by atoms with Gasteiger partial charge in [-0.3, -0.25) is 4.79 Å². The van der Waals surface area contributed by atoms with E-state index in [-0.39, 0.29) is 11.9 Å². The van der Waals surface area contributed by atoms with Gasteiger partial charge in [0.05, 0.1) is 0 Å². The van der Waals surface area contributed by atoms with Crippen LogP contribution in [0.15, 0.2) is 24.3 Å². The van der Waals surface area contributed by atoms with Crippen LogP contribution in [-0.2, 0) is 11.2 Å². The molecule has 14 heavy (non-hydrogen) atoms. The Labute approximate surface area is 83.7 Å². The number of carbonyl (C=O) groups excluding carboxylic acids is 1. The molecule has 2 rings (SSSR count). The molecule has 0 aromatic heterocycles. The zero-order valence-electron chi connectivity index (χ0n) is 8.45. The number of anilines is 1. The highest BCUT2D eigenvalue weighted by atomic mass is 16.2. The van der Waals surface area contributed by atoms with Crippen LogP contribution in [0.4, 0.5) is 5.69 Å². The van der Waals surface area contributed by atoms with E-state index >= 15 is 0 Å². The number of carbonyl (C=O) groups is 1. The lowest BCUT2D eigenvalue weighted by Gasteiger charge is -2.16. The maximum absolute atomic E-state index is 11.7. The number of nitrogens with zero attached hydrogens (tertiary/aromatic N) is 1. The van der Waals surface area contributed by atoms with Gasteiger partial charge in [-0.05, 0) is 11.6 Å². The molecular weight excluding hydrogens is 176 g/mol. The first kappa shape index (κ1) is 9.06. The maximum Gasteiger partial charge on any atom is 0.244 e. The summed E-state index contributed by atoms with van der Waals surface area (Å²) in [4.78, 5) is 13.3. The summed E-state index contributed by atoms with van der Waals surface area (Å²) in [6.45, 7) is 0. The zero-order chi connectivity index (χ0) is 10.1. The second-order valence-electron chi connectivity index (χ2n) is 3.79. The lowest BCUT2D eigenvalue weighted by molar-refractivity contribution is -0.129. The highest BCUT2D eigenvalue weighted by Crippen LogP contribution is 2.25. The van der Waals surface area contributed by atoms with E-state index < -0.39 is 0 Å². The molecule has 1 heterocycles. The van der Waals surface area contributed by atoms with Gasteiger partial charge in [0.15, 0.2) is 0 Å². The summed E-state index contributed by atoms with van der Waals surface area (Å²) < 4.78 is 0. The van der Waals surface area contributed by atoms with Crippen LogP contribution in [0, 0.1) is 0 Å². The van der Waals surface area contributed by atoms with Crippen LogP contribution < -0.4 is 5.32 Å². The van der Waals surface area contributed by atoms with Gasteiger partial charge in [-0.15, -0.1) is 0 Å². The van der Waals surface area contributed by atoms with Gasteiger partial charge in [0.1, 0.15) is 6.04 Å². The van der Waals surface area contributed by atoms with Gasteiger partial charge >= 0.3 is 0 Å². The molecule has 74 valence electrons. The van der Waals surface area contributed by atoms with Gasteiger partial charge in [0, 0.05) is 26.2 Å². The number of hydrogen-bond acceptors (Lipinski definition) is 2. The quantitative estimate of drug-likeness (QED) is 0.719. The second-order valence-corrected chi connectivity index (χ2v) is 3.79. The average Bonchev–Trinajstić information content (AvgIpc) is 2.59. The Morgan fingerprint density at radius 1 is 1.43 bits per heavy atom. The van der Waals surface area contributed by atoms with E-state index in [1.807, 2.05) is 18.2 Å². The number of likely N-dealkylation sites (N-methyl/N-ethyl adjacent to an activating group) is 1. The maximum atomic E-state index is 11.7. The van der Waals surface area contributed by atoms with Crippen molar-refractivity contribution in [2.45, 2.75) is 12.5 Å². The van der Waals surface area contributed by atoms with Crippen LogP contribution >= 0.6 is 0 Å². The molecule has 3 heteroatoms. The highest BCUT2D eigenvalue weighted by Gasteiger charge is 2.26. The van der Waals surface area contributed by atoms with E-state index in [1.54, 1.807) is 19.0 Å². The summed E-state index contributed by atoms with van der Waals surface area (Å²) in [7, 11) is 3.57. The van der Waals surface area contributed by atoms with Crippen LogP contribution in [0.1, 0.15) is 5.56 Å². The van der Waals surface area contributed by atoms with E-state index in [0.29, 0.717) is 0 Å². The molecule has 1 aromatic carbocycles. The molecule has 1 amide bonds. The number of benzene rings is 1. The van der Waals surface area contributed by atoms with Crippen LogP contribution in [0.25, 0.3) is 0 Å². The van der Waals surface area contributed by atoms with Gasteiger partial charge in [-0.1, -0.05) is 18.2 Å². The van der Waals surface area contributed by atoms with E-state index in [0.717, 1.165) is 12.1 Å². The third-order valence-electron chi connectivity index (χ3n) is 2.51. The average molecular weight is 190 g/mol. The minimum absolute atomic E-state index is 0.0811. The van der Waals surface area contributed by atoms with E-state index in [1.165, 1.54) is 5.56 Å². The normalized spacial score (nSPS) is 18.6. The fourth-order valence-corrected chi connectivity index (χ4v) is 1.76. The first-order valence-electron chi connectivity index (χ1n) is 4.74. The number of amides is 1. The van der Waals surface area contributed by atoms with E-state index in [9.17, 15) is 4.79 Å².